The molecule has 1 nitrogen and oxygen atoms in total. The molecule has 2 aromatic rings. The quantitative estimate of drug-likeness (QED) is 0.435. The van der Waals surface area contributed by atoms with Gasteiger partial charge in [0, 0.05) is 0 Å². The smallest absolute Gasteiger partial charge is 0.118 e. The summed E-state index contributed by atoms with van der Waals surface area (Å²) in [6.45, 7) is 2.27. The van der Waals surface area contributed by atoms with Crippen LogP contribution in [0.15, 0.2) is 48.5 Å². The first-order valence-corrected chi connectivity index (χ1v) is 9.53. The summed E-state index contributed by atoms with van der Waals surface area (Å²) in [6, 6.07) is 17.5. The van der Waals surface area contributed by atoms with E-state index in [9.17, 15) is 0 Å². The monoisotopic (exact) mass is 324 g/mol. The highest BCUT2D eigenvalue weighted by Crippen LogP contribution is 2.17. The normalized spacial score (nSPS) is 10.8. The second-order valence-electron chi connectivity index (χ2n) is 6.63. The number of aryl methyl sites for hydroxylation is 3. The predicted octanol–water partition coefficient (Wildman–Crippen LogP) is 6.38. The first-order chi connectivity index (χ1) is 11.8. The molecule has 0 unspecified atom stereocenters. The molecule has 0 bridgehead atoms. The summed E-state index contributed by atoms with van der Waals surface area (Å²) in [7, 11) is 1.72. The predicted molar refractivity (Wildman–Crippen MR) is 104 cm³/mol. The van der Waals surface area contributed by atoms with Crippen molar-refractivity contribution in [1.82, 2.24) is 0 Å². The van der Waals surface area contributed by atoms with Crippen LogP contribution in [0.2, 0.25) is 0 Å². The van der Waals surface area contributed by atoms with Crippen LogP contribution in [0.4, 0.5) is 0 Å². The van der Waals surface area contributed by atoms with Gasteiger partial charge < -0.3 is 4.74 Å². The largest absolute Gasteiger partial charge is 0.497 e. The molecular formula is C23H32O. The summed E-state index contributed by atoms with van der Waals surface area (Å²) < 4.78 is 5.20. The van der Waals surface area contributed by atoms with E-state index in [1.807, 2.05) is 0 Å². The van der Waals surface area contributed by atoms with Crippen LogP contribution in [-0.2, 0) is 19.3 Å². The molecule has 0 aromatic heterocycles. The molecule has 130 valence electrons. The molecule has 2 aromatic carbocycles. The minimum absolute atomic E-state index is 0.945. The second kappa shape index (κ2) is 10.9. The van der Waals surface area contributed by atoms with Crippen LogP contribution in [0.5, 0.6) is 5.75 Å². The first kappa shape index (κ1) is 18.6. The van der Waals surface area contributed by atoms with Crippen LogP contribution >= 0.6 is 0 Å². The van der Waals surface area contributed by atoms with Gasteiger partial charge in [0.15, 0.2) is 0 Å². The van der Waals surface area contributed by atoms with Gasteiger partial charge in [0.2, 0.25) is 0 Å². The number of benzene rings is 2. The average Bonchev–Trinajstić information content (AvgIpc) is 2.64. The maximum absolute atomic E-state index is 5.20. The summed E-state index contributed by atoms with van der Waals surface area (Å²) in [5, 5.41) is 0. The fourth-order valence-electron chi connectivity index (χ4n) is 3.20. The maximum Gasteiger partial charge on any atom is 0.118 e. The Morgan fingerprint density at radius 2 is 1.25 bits per heavy atom. The van der Waals surface area contributed by atoms with Crippen molar-refractivity contribution in [2.24, 2.45) is 0 Å². The van der Waals surface area contributed by atoms with Crippen LogP contribution < -0.4 is 4.74 Å². The molecular weight excluding hydrogens is 292 g/mol. The molecule has 0 aliphatic heterocycles. The van der Waals surface area contributed by atoms with Crippen molar-refractivity contribution in [3.8, 4) is 5.75 Å². The Balaban J connectivity index is 1.64. The van der Waals surface area contributed by atoms with Gasteiger partial charge >= 0.3 is 0 Å². The zero-order chi connectivity index (χ0) is 17.0. The van der Waals surface area contributed by atoms with Gasteiger partial charge in [-0.05, 0) is 67.3 Å². The van der Waals surface area contributed by atoms with E-state index in [1.54, 1.807) is 18.2 Å². The summed E-state index contributed by atoms with van der Waals surface area (Å²) >= 11 is 0. The van der Waals surface area contributed by atoms with E-state index in [1.165, 1.54) is 63.4 Å². The number of ether oxygens (including phenoxy) is 1. The lowest BCUT2D eigenvalue weighted by Crippen LogP contribution is -1.95. The molecule has 0 saturated carbocycles. The summed E-state index contributed by atoms with van der Waals surface area (Å²) in [6.07, 6.45) is 11.5. The van der Waals surface area contributed by atoms with Crippen LogP contribution in [0, 0.1) is 0 Å². The Kier molecular flexibility index (Phi) is 8.45. The molecule has 0 spiro atoms. The molecule has 0 aliphatic rings. The van der Waals surface area contributed by atoms with Gasteiger partial charge in [0.25, 0.3) is 0 Å². The van der Waals surface area contributed by atoms with Crippen molar-refractivity contribution < 1.29 is 4.74 Å². The SMILES string of the molecule is CCCCc1ccccc1CCCCCCc1ccc(OC)cc1. The first-order valence-electron chi connectivity index (χ1n) is 9.53. The van der Waals surface area contributed by atoms with Crippen molar-refractivity contribution in [1.29, 1.82) is 0 Å². The third kappa shape index (κ3) is 6.39. The van der Waals surface area contributed by atoms with Gasteiger partial charge in [-0.3, -0.25) is 0 Å². The minimum Gasteiger partial charge on any atom is -0.497 e. The van der Waals surface area contributed by atoms with E-state index < -0.39 is 0 Å². The molecule has 1 heteroatoms. The zero-order valence-corrected chi connectivity index (χ0v) is 15.4. The minimum atomic E-state index is 0.945. The van der Waals surface area contributed by atoms with Crippen molar-refractivity contribution in [2.45, 2.75) is 64.7 Å². The van der Waals surface area contributed by atoms with Crippen molar-refractivity contribution in [2.75, 3.05) is 7.11 Å². The average molecular weight is 325 g/mol. The van der Waals surface area contributed by atoms with Gasteiger partial charge in [-0.25, -0.2) is 0 Å². The third-order valence-electron chi connectivity index (χ3n) is 4.74. The molecule has 24 heavy (non-hydrogen) atoms. The topological polar surface area (TPSA) is 9.23 Å². The van der Waals surface area contributed by atoms with E-state index in [0.717, 1.165) is 5.75 Å². The molecule has 0 amide bonds. The highest BCUT2D eigenvalue weighted by molar-refractivity contribution is 5.28. The van der Waals surface area contributed by atoms with Gasteiger partial charge in [0.1, 0.15) is 5.75 Å². The van der Waals surface area contributed by atoms with E-state index in [0.29, 0.717) is 0 Å². The van der Waals surface area contributed by atoms with Crippen LogP contribution in [0.3, 0.4) is 0 Å². The summed E-state index contributed by atoms with van der Waals surface area (Å²) in [5.41, 5.74) is 4.55. The molecule has 0 saturated heterocycles. The lowest BCUT2D eigenvalue weighted by Gasteiger charge is -2.09. The number of hydrogen-bond donors (Lipinski definition) is 0. The molecule has 0 atom stereocenters. The lowest BCUT2D eigenvalue weighted by molar-refractivity contribution is 0.414. The molecule has 2 rings (SSSR count). The molecule has 0 heterocycles. The Bertz CT molecular complexity index is 571. The Morgan fingerprint density at radius 1 is 0.667 bits per heavy atom. The van der Waals surface area contributed by atoms with Crippen LogP contribution in [-0.4, -0.2) is 7.11 Å². The molecule has 0 aliphatic carbocycles. The fourth-order valence-corrected chi connectivity index (χ4v) is 3.20. The van der Waals surface area contributed by atoms with Crippen molar-refractivity contribution in [3.05, 3.63) is 65.2 Å². The van der Waals surface area contributed by atoms with Crippen LogP contribution in [0.1, 0.15) is 62.1 Å². The summed E-state index contributed by atoms with van der Waals surface area (Å²) in [4.78, 5) is 0. The zero-order valence-electron chi connectivity index (χ0n) is 15.4. The standard InChI is InChI=1S/C23H32O/c1-3-4-12-21-14-9-10-15-22(21)13-8-6-5-7-11-20-16-18-23(24-2)19-17-20/h9-10,14-19H,3-8,11-13H2,1-2H3. The molecule has 0 radical (unpaired) electrons. The van der Waals surface area contributed by atoms with E-state index >= 15 is 0 Å². The third-order valence-corrected chi connectivity index (χ3v) is 4.74. The summed E-state index contributed by atoms with van der Waals surface area (Å²) in [5.74, 6) is 0.945. The van der Waals surface area contributed by atoms with Gasteiger partial charge in [0.05, 0.1) is 7.11 Å². The maximum atomic E-state index is 5.20. The van der Waals surface area contributed by atoms with Gasteiger partial charge in [-0.2, -0.15) is 0 Å². The lowest BCUT2D eigenvalue weighted by atomic mass is 9.97. The van der Waals surface area contributed by atoms with Gasteiger partial charge in [-0.1, -0.05) is 62.6 Å². The number of rotatable bonds is 11. The van der Waals surface area contributed by atoms with Crippen molar-refractivity contribution in [3.63, 3.8) is 0 Å². The fraction of sp³-hybridized carbons (Fsp3) is 0.478. The highest BCUT2D eigenvalue weighted by Gasteiger charge is 2.01. The second-order valence-corrected chi connectivity index (χ2v) is 6.63. The number of hydrogen-bond acceptors (Lipinski definition) is 1. The molecule has 0 fully saturated rings. The number of unbranched alkanes of at least 4 members (excludes halogenated alkanes) is 4. The number of methoxy groups -OCH3 is 1. The Labute approximate surface area is 148 Å². The van der Waals surface area contributed by atoms with E-state index in [-0.39, 0.29) is 0 Å². The van der Waals surface area contributed by atoms with Crippen LogP contribution in [0.25, 0.3) is 0 Å². The molecule has 0 N–H and O–H groups in total. The Hall–Kier alpha value is -1.76. The van der Waals surface area contributed by atoms with Crippen molar-refractivity contribution >= 4 is 0 Å². The van der Waals surface area contributed by atoms with E-state index in [4.69, 9.17) is 4.74 Å². The Morgan fingerprint density at radius 3 is 1.83 bits per heavy atom. The van der Waals surface area contributed by atoms with E-state index in [2.05, 4.69) is 55.5 Å². The highest BCUT2D eigenvalue weighted by atomic mass is 16.5. The van der Waals surface area contributed by atoms with Gasteiger partial charge in [-0.15, -0.1) is 0 Å².